The molecule has 100 valence electrons. The van der Waals surface area contributed by atoms with Crippen molar-refractivity contribution in [2.75, 3.05) is 20.7 Å². The van der Waals surface area contributed by atoms with Crippen LogP contribution in [0.1, 0.15) is 18.5 Å². The van der Waals surface area contributed by atoms with Crippen molar-refractivity contribution in [3.63, 3.8) is 0 Å². The third-order valence-electron chi connectivity index (χ3n) is 2.52. The summed E-state index contributed by atoms with van der Waals surface area (Å²) in [6, 6.07) is 6.85. The zero-order valence-electron chi connectivity index (χ0n) is 10.7. The lowest BCUT2D eigenvalue weighted by molar-refractivity contribution is -0.181. The molecule has 0 saturated carbocycles. The average Bonchev–Trinajstić information content (AvgIpc) is 2.30. The first kappa shape index (κ1) is 14.6. The van der Waals surface area contributed by atoms with Crippen molar-refractivity contribution in [2.45, 2.75) is 18.9 Å². The molecule has 0 aromatic heterocycles. The predicted molar refractivity (Wildman–Crippen MR) is 64.5 cm³/mol. The highest BCUT2D eigenvalue weighted by molar-refractivity contribution is 5.78. The van der Waals surface area contributed by atoms with E-state index in [-0.39, 0.29) is 6.61 Å². The van der Waals surface area contributed by atoms with Crippen molar-refractivity contribution >= 4 is 5.97 Å². The Hall–Kier alpha value is -1.49. The molecule has 1 atom stereocenters. The summed E-state index contributed by atoms with van der Waals surface area (Å²) in [5.74, 6) is -5.08. The molecule has 5 heteroatoms. The van der Waals surface area contributed by atoms with Gasteiger partial charge in [0.15, 0.2) is 0 Å². The van der Waals surface area contributed by atoms with Crippen LogP contribution < -0.4 is 0 Å². The lowest BCUT2D eigenvalue weighted by Gasteiger charge is -2.30. The number of halogens is 2. The van der Waals surface area contributed by atoms with Crippen molar-refractivity contribution in [1.82, 2.24) is 4.90 Å². The molecule has 0 spiro atoms. The molecule has 3 nitrogen and oxygen atoms in total. The Kier molecular flexibility index (Phi) is 4.78. The average molecular weight is 257 g/mol. The third kappa shape index (κ3) is 3.04. The van der Waals surface area contributed by atoms with Crippen molar-refractivity contribution in [3.05, 3.63) is 35.9 Å². The molecule has 18 heavy (non-hydrogen) atoms. The van der Waals surface area contributed by atoms with Crippen molar-refractivity contribution in [3.8, 4) is 0 Å². The Morgan fingerprint density at radius 2 is 1.89 bits per heavy atom. The molecule has 0 aliphatic heterocycles. The Morgan fingerprint density at radius 3 is 2.33 bits per heavy atom. The van der Waals surface area contributed by atoms with E-state index < -0.39 is 17.9 Å². The molecule has 0 aliphatic carbocycles. The first-order chi connectivity index (χ1) is 8.41. The number of carbonyl (C=O) groups is 1. The van der Waals surface area contributed by atoms with Gasteiger partial charge in [0.05, 0.1) is 6.61 Å². The van der Waals surface area contributed by atoms with E-state index in [1.165, 1.54) is 25.9 Å². The Labute approximate surface area is 105 Å². The number of rotatable bonds is 5. The van der Waals surface area contributed by atoms with Gasteiger partial charge in [0, 0.05) is 0 Å². The Morgan fingerprint density at radius 1 is 1.33 bits per heavy atom. The fourth-order valence-electron chi connectivity index (χ4n) is 1.81. The van der Waals surface area contributed by atoms with E-state index in [4.69, 9.17) is 0 Å². The number of benzene rings is 1. The van der Waals surface area contributed by atoms with Gasteiger partial charge in [-0.3, -0.25) is 4.90 Å². The highest BCUT2D eigenvalue weighted by atomic mass is 19.3. The van der Waals surface area contributed by atoms with Gasteiger partial charge in [0.25, 0.3) is 0 Å². The summed E-state index contributed by atoms with van der Waals surface area (Å²) in [5, 5.41) is 0. The largest absolute Gasteiger partial charge is 0.462 e. The minimum Gasteiger partial charge on any atom is -0.462 e. The van der Waals surface area contributed by atoms with Gasteiger partial charge in [-0.15, -0.1) is 0 Å². The molecule has 0 saturated heterocycles. The number of nitrogens with zero attached hydrogens (tertiary/aromatic N) is 1. The molecule has 0 heterocycles. The molecule has 0 N–H and O–H groups in total. The number of alkyl halides is 2. The minimum absolute atomic E-state index is 0.0661. The first-order valence-electron chi connectivity index (χ1n) is 5.67. The molecule has 1 aromatic carbocycles. The molecule has 0 bridgehead atoms. The van der Waals surface area contributed by atoms with Crippen LogP contribution in [-0.2, 0) is 9.53 Å². The predicted octanol–water partition coefficient (Wildman–Crippen LogP) is 2.49. The molecule has 0 amide bonds. The van der Waals surface area contributed by atoms with Gasteiger partial charge < -0.3 is 4.74 Å². The van der Waals surface area contributed by atoms with Gasteiger partial charge in [-0.05, 0) is 26.6 Å². The molecule has 0 aliphatic rings. The van der Waals surface area contributed by atoms with E-state index in [2.05, 4.69) is 4.74 Å². The lowest BCUT2D eigenvalue weighted by atomic mass is 9.99. The van der Waals surface area contributed by atoms with Crippen LogP contribution in [0.2, 0.25) is 0 Å². The lowest BCUT2D eigenvalue weighted by Crippen LogP contribution is -2.43. The maximum absolute atomic E-state index is 14.1. The van der Waals surface area contributed by atoms with Crippen LogP contribution >= 0.6 is 0 Å². The van der Waals surface area contributed by atoms with Crippen LogP contribution in [0, 0.1) is 0 Å². The van der Waals surface area contributed by atoms with Gasteiger partial charge in [-0.1, -0.05) is 30.3 Å². The summed E-state index contributed by atoms with van der Waals surface area (Å²) < 4.78 is 32.6. The first-order valence-corrected chi connectivity index (χ1v) is 5.67. The second kappa shape index (κ2) is 5.91. The van der Waals surface area contributed by atoms with Crippen molar-refractivity contribution in [2.24, 2.45) is 0 Å². The maximum atomic E-state index is 14.1. The molecular formula is C13H17F2NO2. The summed E-state index contributed by atoms with van der Waals surface area (Å²) >= 11 is 0. The number of esters is 1. The topological polar surface area (TPSA) is 29.5 Å². The molecule has 1 aromatic rings. The number of ether oxygens (including phenoxy) is 1. The van der Waals surface area contributed by atoms with Crippen LogP contribution in [0.5, 0.6) is 0 Å². The minimum atomic E-state index is -3.58. The van der Waals surface area contributed by atoms with Gasteiger partial charge in [-0.25, -0.2) is 4.79 Å². The number of hydrogen-bond acceptors (Lipinski definition) is 3. The van der Waals surface area contributed by atoms with E-state index in [0.717, 1.165) is 0 Å². The van der Waals surface area contributed by atoms with E-state index in [0.29, 0.717) is 5.56 Å². The summed E-state index contributed by atoms with van der Waals surface area (Å²) in [4.78, 5) is 12.7. The van der Waals surface area contributed by atoms with Gasteiger partial charge in [0.1, 0.15) is 6.04 Å². The van der Waals surface area contributed by atoms with E-state index >= 15 is 0 Å². The summed E-state index contributed by atoms with van der Waals surface area (Å²) in [6.45, 7) is 1.44. The summed E-state index contributed by atoms with van der Waals surface area (Å²) in [7, 11) is 3.01. The second-order valence-corrected chi connectivity index (χ2v) is 4.12. The fourth-order valence-corrected chi connectivity index (χ4v) is 1.81. The Bertz CT molecular complexity index is 393. The van der Waals surface area contributed by atoms with E-state index in [1.54, 1.807) is 30.3 Å². The van der Waals surface area contributed by atoms with E-state index in [1.807, 2.05) is 0 Å². The molecule has 0 fully saturated rings. The molecule has 1 unspecified atom stereocenters. The normalized spacial score (nSPS) is 13.4. The summed E-state index contributed by atoms with van der Waals surface area (Å²) in [5.41, 5.74) is 0.376. The fraction of sp³-hybridized carbons (Fsp3) is 0.462. The van der Waals surface area contributed by atoms with Crippen molar-refractivity contribution < 1.29 is 18.3 Å². The van der Waals surface area contributed by atoms with Crippen LogP contribution in [0.15, 0.2) is 30.3 Å². The quantitative estimate of drug-likeness (QED) is 0.759. The van der Waals surface area contributed by atoms with Gasteiger partial charge >= 0.3 is 11.9 Å². The zero-order valence-corrected chi connectivity index (χ0v) is 10.7. The number of hydrogen-bond donors (Lipinski definition) is 0. The third-order valence-corrected chi connectivity index (χ3v) is 2.52. The van der Waals surface area contributed by atoms with Crippen LogP contribution in [0.3, 0.4) is 0 Å². The second-order valence-electron chi connectivity index (χ2n) is 4.12. The molecular weight excluding hydrogens is 240 g/mol. The van der Waals surface area contributed by atoms with Gasteiger partial charge in [0.2, 0.25) is 0 Å². The van der Waals surface area contributed by atoms with E-state index in [9.17, 15) is 13.6 Å². The standard InChI is InChI=1S/C13H17F2NO2/c1-4-18-12(17)13(14,15)11(16(2)3)10-8-6-5-7-9-10/h5-9,11H,4H2,1-3H3. The van der Waals surface area contributed by atoms with Gasteiger partial charge in [-0.2, -0.15) is 8.78 Å². The number of carbonyl (C=O) groups excluding carboxylic acids is 1. The highest BCUT2D eigenvalue weighted by Gasteiger charge is 2.50. The SMILES string of the molecule is CCOC(=O)C(F)(F)C(c1ccccc1)N(C)C. The van der Waals surface area contributed by atoms with Crippen LogP contribution in [-0.4, -0.2) is 37.5 Å². The Balaban J connectivity index is 3.09. The molecule has 1 rings (SSSR count). The maximum Gasteiger partial charge on any atom is 0.379 e. The summed E-state index contributed by atoms with van der Waals surface area (Å²) in [6.07, 6.45) is 0. The van der Waals surface area contributed by atoms with Crippen LogP contribution in [0.25, 0.3) is 0 Å². The zero-order chi connectivity index (χ0) is 13.8. The smallest absolute Gasteiger partial charge is 0.379 e. The van der Waals surface area contributed by atoms with Crippen molar-refractivity contribution in [1.29, 1.82) is 0 Å². The van der Waals surface area contributed by atoms with Crippen LogP contribution in [0.4, 0.5) is 8.78 Å². The molecule has 0 radical (unpaired) electrons. The highest BCUT2D eigenvalue weighted by Crippen LogP contribution is 2.36. The monoisotopic (exact) mass is 257 g/mol.